The fourth-order valence-corrected chi connectivity index (χ4v) is 3.78. The maximum Gasteiger partial charge on any atom is 0.409 e. The summed E-state index contributed by atoms with van der Waals surface area (Å²) in [5.41, 5.74) is 6.09. The van der Waals surface area contributed by atoms with E-state index in [4.69, 9.17) is 5.73 Å². The van der Waals surface area contributed by atoms with Crippen LogP contribution in [-0.4, -0.2) is 57.0 Å². The van der Waals surface area contributed by atoms with Crippen molar-refractivity contribution < 1.29 is 17.9 Å². The number of nitrogens with zero attached hydrogens (tertiary/aromatic N) is 2. The van der Waals surface area contributed by atoms with E-state index in [0.29, 0.717) is 23.2 Å². The van der Waals surface area contributed by atoms with Gasteiger partial charge >= 0.3 is 6.09 Å². The summed E-state index contributed by atoms with van der Waals surface area (Å²) in [4.78, 5) is 13.0. The number of anilines is 1. The molecule has 2 N–H and O–H groups in total. The summed E-state index contributed by atoms with van der Waals surface area (Å²) in [5.74, 6) is 0. The zero-order valence-corrected chi connectivity index (χ0v) is 13.9. The number of carbonyl (C=O) groups is 1. The molecule has 9 heteroatoms. The first-order chi connectivity index (χ1) is 9.86. The van der Waals surface area contributed by atoms with Crippen LogP contribution in [-0.2, 0) is 14.8 Å². The van der Waals surface area contributed by atoms with E-state index in [-0.39, 0.29) is 18.0 Å². The Kier molecular flexibility index (Phi) is 4.74. The third-order valence-corrected chi connectivity index (χ3v) is 5.89. The van der Waals surface area contributed by atoms with Crippen molar-refractivity contribution in [2.24, 2.45) is 0 Å². The molecule has 0 spiro atoms. The van der Waals surface area contributed by atoms with Gasteiger partial charge in [0.2, 0.25) is 10.0 Å². The van der Waals surface area contributed by atoms with Gasteiger partial charge in [0, 0.05) is 36.3 Å². The van der Waals surface area contributed by atoms with Crippen LogP contribution in [0.2, 0.25) is 0 Å². The van der Waals surface area contributed by atoms with Crippen LogP contribution >= 0.6 is 15.9 Å². The summed E-state index contributed by atoms with van der Waals surface area (Å²) in [6, 6.07) is 4.53. The molecule has 0 bridgehead atoms. The molecule has 1 aliphatic rings. The van der Waals surface area contributed by atoms with E-state index in [2.05, 4.69) is 20.7 Å². The number of hydrogen-bond donors (Lipinski definition) is 1. The molecule has 0 saturated carbocycles. The van der Waals surface area contributed by atoms with Crippen LogP contribution < -0.4 is 5.73 Å². The number of ether oxygens (including phenoxy) is 1. The molecule has 1 fully saturated rings. The highest BCUT2D eigenvalue weighted by atomic mass is 79.9. The highest BCUT2D eigenvalue weighted by Gasteiger charge is 2.30. The van der Waals surface area contributed by atoms with E-state index in [1.807, 2.05) is 0 Å². The minimum absolute atomic E-state index is 0.148. The van der Waals surface area contributed by atoms with Crippen molar-refractivity contribution >= 4 is 37.7 Å². The third kappa shape index (κ3) is 3.30. The molecule has 1 aromatic carbocycles. The Labute approximate surface area is 131 Å². The van der Waals surface area contributed by atoms with Crippen LogP contribution in [0.1, 0.15) is 0 Å². The van der Waals surface area contributed by atoms with Crippen LogP contribution in [0.25, 0.3) is 0 Å². The predicted molar refractivity (Wildman–Crippen MR) is 81.3 cm³/mol. The lowest BCUT2D eigenvalue weighted by atomic mass is 10.3. The van der Waals surface area contributed by atoms with E-state index in [1.54, 1.807) is 6.07 Å². The summed E-state index contributed by atoms with van der Waals surface area (Å²) < 4.78 is 31.6. The van der Waals surface area contributed by atoms with Gasteiger partial charge in [0.1, 0.15) is 0 Å². The molecule has 7 nitrogen and oxygen atoms in total. The standard InChI is InChI=1S/C12H16BrN3O4S/c1-20-12(17)15-4-6-16(7-5-15)21(18,19)9-2-3-10(13)11(14)8-9/h2-3,8H,4-7,14H2,1H3. The zero-order chi connectivity index (χ0) is 15.6. The van der Waals surface area contributed by atoms with Crippen molar-refractivity contribution in [3.05, 3.63) is 22.7 Å². The van der Waals surface area contributed by atoms with E-state index in [1.165, 1.54) is 28.4 Å². The number of piperazine rings is 1. The van der Waals surface area contributed by atoms with E-state index >= 15 is 0 Å². The number of benzene rings is 1. The Bertz CT molecular complexity index is 642. The summed E-state index contributed by atoms with van der Waals surface area (Å²) in [6.07, 6.45) is -0.445. The van der Waals surface area contributed by atoms with Crippen molar-refractivity contribution in [3.63, 3.8) is 0 Å². The maximum atomic E-state index is 12.5. The number of nitrogens with two attached hydrogens (primary N) is 1. The van der Waals surface area contributed by atoms with Crippen LogP contribution in [0.3, 0.4) is 0 Å². The van der Waals surface area contributed by atoms with Gasteiger partial charge in [-0.1, -0.05) is 0 Å². The van der Waals surface area contributed by atoms with Crippen LogP contribution in [0.4, 0.5) is 10.5 Å². The van der Waals surface area contributed by atoms with Gasteiger partial charge in [0.15, 0.2) is 0 Å². The molecule has 1 saturated heterocycles. The molecule has 0 aromatic heterocycles. The van der Waals surface area contributed by atoms with E-state index in [0.717, 1.165) is 0 Å². The van der Waals surface area contributed by atoms with E-state index < -0.39 is 16.1 Å². The number of rotatable bonds is 2. The molecule has 0 unspecified atom stereocenters. The van der Waals surface area contributed by atoms with Gasteiger partial charge < -0.3 is 15.4 Å². The number of sulfonamides is 1. The smallest absolute Gasteiger partial charge is 0.409 e. The Balaban J connectivity index is 2.14. The molecule has 0 atom stereocenters. The first kappa shape index (κ1) is 16.1. The molecule has 116 valence electrons. The molecule has 1 aliphatic heterocycles. The van der Waals surface area contributed by atoms with Crippen molar-refractivity contribution in [3.8, 4) is 0 Å². The van der Waals surface area contributed by atoms with Crippen molar-refractivity contribution in [1.29, 1.82) is 0 Å². The fourth-order valence-electron chi connectivity index (χ4n) is 2.07. The average Bonchev–Trinajstić information content (AvgIpc) is 2.49. The van der Waals surface area contributed by atoms with Crippen molar-refractivity contribution in [1.82, 2.24) is 9.21 Å². The molecule has 0 radical (unpaired) electrons. The van der Waals surface area contributed by atoms with Crippen LogP contribution in [0.5, 0.6) is 0 Å². The maximum absolute atomic E-state index is 12.5. The zero-order valence-electron chi connectivity index (χ0n) is 11.5. The minimum Gasteiger partial charge on any atom is -0.453 e. The van der Waals surface area contributed by atoms with Gasteiger partial charge in [-0.05, 0) is 34.1 Å². The molecule has 1 aromatic rings. The molecule has 21 heavy (non-hydrogen) atoms. The lowest BCUT2D eigenvalue weighted by molar-refractivity contribution is 0.108. The molecular weight excluding hydrogens is 362 g/mol. The van der Waals surface area contributed by atoms with Gasteiger partial charge in [-0.15, -0.1) is 0 Å². The van der Waals surface area contributed by atoms with Crippen molar-refractivity contribution in [2.45, 2.75) is 4.90 Å². The van der Waals surface area contributed by atoms with Crippen LogP contribution in [0, 0.1) is 0 Å². The SMILES string of the molecule is COC(=O)N1CCN(S(=O)(=O)c2ccc(Br)c(N)c2)CC1. The topological polar surface area (TPSA) is 92.9 Å². The number of halogens is 1. The van der Waals surface area contributed by atoms with Gasteiger partial charge in [0.05, 0.1) is 12.0 Å². The quantitative estimate of drug-likeness (QED) is 0.779. The van der Waals surface area contributed by atoms with Crippen LogP contribution in [0.15, 0.2) is 27.6 Å². The molecule has 2 rings (SSSR count). The lowest BCUT2D eigenvalue weighted by Crippen LogP contribution is -2.50. The average molecular weight is 378 g/mol. The first-order valence-corrected chi connectivity index (χ1v) is 8.47. The summed E-state index contributed by atoms with van der Waals surface area (Å²) in [6.45, 7) is 1.07. The Morgan fingerprint density at radius 2 is 1.90 bits per heavy atom. The largest absolute Gasteiger partial charge is 0.453 e. The molecular formula is C12H16BrN3O4S. The van der Waals surface area contributed by atoms with Gasteiger partial charge in [-0.25, -0.2) is 13.2 Å². The number of amides is 1. The number of methoxy groups -OCH3 is 1. The normalized spacial score (nSPS) is 16.8. The second-order valence-corrected chi connectivity index (χ2v) is 7.34. The van der Waals surface area contributed by atoms with E-state index in [9.17, 15) is 13.2 Å². The van der Waals surface area contributed by atoms with Gasteiger partial charge in [0.25, 0.3) is 0 Å². The van der Waals surface area contributed by atoms with Gasteiger partial charge in [-0.2, -0.15) is 4.31 Å². The number of carbonyl (C=O) groups excluding carboxylic acids is 1. The van der Waals surface area contributed by atoms with Crippen molar-refractivity contribution in [2.75, 3.05) is 39.0 Å². The minimum atomic E-state index is -3.60. The first-order valence-electron chi connectivity index (χ1n) is 6.24. The molecule has 0 aliphatic carbocycles. The highest BCUT2D eigenvalue weighted by Crippen LogP contribution is 2.25. The second kappa shape index (κ2) is 6.20. The molecule has 1 amide bonds. The molecule has 1 heterocycles. The second-order valence-electron chi connectivity index (χ2n) is 4.54. The monoisotopic (exact) mass is 377 g/mol. The van der Waals surface area contributed by atoms with Gasteiger partial charge in [-0.3, -0.25) is 0 Å². The third-order valence-electron chi connectivity index (χ3n) is 3.28. The predicted octanol–water partition coefficient (Wildman–Crippen LogP) is 1.10. The Morgan fingerprint density at radius 1 is 1.29 bits per heavy atom. The highest BCUT2D eigenvalue weighted by molar-refractivity contribution is 9.10. The fraction of sp³-hybridized carbons (Fsp3) is 0.417. The summed E-state index contributed by atoms with van der Waals surface area (Å²) in [7, 11) is -2.30. The number of hydrogen-bond acceptors (Lipinski definition) is 5. The summed E-state index contributed by atoms with van der Waals surface area (Å²) >= 11 is 3.23. The Morgan fingerprint density at radius 3 is 2.43 bits per heavy atom. The lowest BCUT2D eigenvalue weighted by Gasteiger charge is -2.33. The number of nitrogen functional groups attached to an aromatic ring is 1. The summed E-state index contributed by atoms with van der Waals surface area (Å²) in [5, 5.41) is 0. The Hall–Kier alpha value is -1.32.